The number of aryl methyl sites for hydroxylation is 1. The minimum atomic E-state index is -0.994. The van der Waals surface area contributed by atoms with Gasteiger partial charge in [-0.25, -0.2) is 4.79 Å². The summed E-state index contributed by atoms with van der Waals surface area (Å²) in [6.07, 6.45) is 0. The molecule has 5 nitrogen and oxygen atoms in total. The number of nitrogens with zero attached hydrogens (tertiary/aromatic N) is 1. The van der Waals surface area contributed by atoms with Gasteiger partial charge in [-0.15, -0.1) is 0 Å². The van der Waals surface area contributed by atoms with Crippen molar-refractivity contribution in [1.82, 2.24) is 4.57 Å². The molecule has 0 fully saturated rings. The van der Waals surface area contributed by atoms with Crippen molar-refractivity contribution in [3.8, 4) is 0 Å². The molecule has 0 saturated heterocycles. The first-order valence-corrected chi connectivity index (χ1v) is 6.79. The van der Waals surface area contributed by atoms with Crippen LogP contribution in [-0.2, 0) is 16.1 Å². The van der Waals surface area contributed by atoms with Gasteiger partial charge in [0.05, 0.1) is 18.2 Å². The molecule has 0 aliphatic rings. The summed E-state index contributed by atoms with van der Waals surface area (Å²) in [5.41, 5.74) is 2.58. The van der Waals surface area contributed by atoms with Crippen LogP contribution in [0.25, 0.3) is 10.9 Å². The number of fused-ring (bicyclic) bond motifs is 1. The van der Waals surface area contributed by atoms with Gasteiger partial charge in [0.1, 0.15) is 6.54 Å². The number of esters is 1. The van der Waals surface area contributed by atoms with Crippen molar-refractivity contribution in [2.24, 2.45) is 0 Å². The van der Waals surface area contributed by atoms with Crippen LogP contribution in [0.4, 0.5) is 0 Å². The van der Waals surface area contributed by atoms with Gasteiger partial charge in [0.25, 0.3) is 0 Å². The highest BCUT2D eigenvalue weighted by atomic mass is 16.5. The van der Waals surface area contributed by atoms with E-state index in [1.54, 1.807) is 10.6 Å². The monoisotopic (exact) mass is 289 g/mol. The number of carboxylic acids is 1. The van der Waals surface area contributed by atoms with E-state index in [-0.39, 0.29) is 18.0 Å². The van der Waals surface area contributed by atoms with Crippen molar-refractivity contribution in [2.45, 2.75) is 33.2 Å². The lowest BCUT2D eigenvalue weighted by molar-refractivity contribution is -0.141. The Labute approximate surface area is 123 Å². The highest BCUT2D eigenvalue weighted by Gasteiger charge is 2.18. The van der Waals surface area contributed by atoms with E-state index in [1.807, 2.05) is 32.9 Å². The van der Waals surface area contributed by atoms with Crippen LogP contribution < -0.4 is 0 Å². The number of benzene rings is 1. The van der Waals surface area contributed by atoms with E-state index in [9.17, 15) is 14.7 Å². The van der Waals surface area contributed by atoms with Gasteiger partial charge in [0.2, 0.25) is 0 Å². The molecule has 0 unspecified atom stereocenters. The molecule has 1 aromatic carbocycles. The van der Waals surface area contributed by atoms with Crippen molar-refractivity contribution in [2.75, 3.05) is 7.11 Å². The number of carbonyl (C=O) groups excluding carboxylic acids is 1. The smallest absolute Gasteiger partial charge is 0.337 e. The van der Waals surface area contributed by atoms with Crippen molar-refractivity contribution >= 4 is 22.8 Å². The van der Waals surface area contributed by atoms with Crippen LogP contribution in [0.3, 0.4) is 0 Å². The first-order valence-electron chi connectivity index (χ1n) is 6.79. The second-order valence-electron chi connectivity index (χ2n) is 5.41. The number of carbonyl (C=O) groups is 2. The zero-order valence-corrected chi connectivity index (χ0v) is 12.6. The molecule has 0 atom stereocenters. The first kappa shape index (κ1) is 15.1. The summed E-state index contributed by atoms with van der Waals surface area (Å²) in [5, 5.41) is 10.3. The number of methoxy groups -OCH3 is 1. The maximum absolute atomic E-state index is 11.6. The number of carboxylic acid groups (broad SMARTS) is 1. The van der Waals surface area contributed by atoms with E-state index in [1.165, 1.54) is 7.11 Å². The van der Waals surface area contributed by atoms with Gasteiger partial charge >= 0.3 is 11.9 Å². The van der Waals surface area contributed by atoms with E-state index in [0.717, 1.165) is 16.6 Å². The molecule has 1 heterocycles. The summed E-state index contributed by atoms with van der Waals surface area (Å²) in [5.74, 6) is -1.16. The molecule has 0 saturated carbocycles. The average molecular weight is 289 g/mol. The summed E-state index contributed by atoms with van der Waals surface area (Å²) in [7, 11) is 1.32. The number of ether oxygens (including phenoxy) is 1. The van der Waals surface area contributed by atoms with E-state index in [2.05, 4.69) is 4.74 Å². The Bertz CT molecular complexity index is 713. The zero-order chi connectivity index (χ0) is 15.7. The fraction of sp³-hybridized carbons (Fsp3) is 0.375. The largest absolute Gasteiger partial charge is 0.478 e. The molecule has 2 rings (SSSR count). The Balaban J connectivity index is 2.74. The predicted molar refractivity (Wildman–Crippen MR) is 79.7 cm³/mol. The van der Waals surface area contributed by atoms with E-state index in [4.69, 9.17) is 0 Å². The third-order valence-corrected chi connectivity index (χ3v) is 3.63. The molecule has 1 N–H and O–H groups in total. The average Bonchev–Trinajstić information content (AvgIpc) is 2.73. The van der Waals surface area contributed by atoms with Gasteiger partial charge < -0.3 is 14.4 Å². The van der Waals surface area contributed by atoms with Gasteiger partial charge in [-0.05, 0) is 36.6 Å². The summed E-state index contributed by atoms with van der Waals surface area (Å²) < 4.78 is 6.37. The molecule has 0 aliphatic heterocycles. The van der Waals surface area contributed by atoms with Crippen LogP contribution in [-0.4, -0.2) is 28.7 Å². The quantitative estimate of drug-likeness (QED) is 0.879. The highest BCUT2D eigenvalue weighted by molar-refractivity contribution is 6.03. The SMILES string of the molecule is COC(=O)Cn1c(C)cc2cc(C(C)C)cc(C(=O)O)c21. The standard InChI is InChI=1S/C16H19NO4/c1-9(2)11-6-12-5-10(3)17(8-14(18)21-4)15(12)13(7-11)16(19)20/h5-7,9H,8H2,1-4H3,(H,19,20). The van der Waals surface area contributed by atoms with Gasteiger partial charge in [-0.1, -0.05) is 13.8 Å². The summed E-state index contributed by atoms with van der Waals surface area (Å²) in [6, 6.07) is 5.56. The summed E-state index contributed by atoms with van der Waals surface area (Å²) in [4.78, 5) is 23.1. The molecule has 21 heavy (non-hydrogen) atoms. The normalized spacial score (nSPS) is 11.1. The van der Waals surface area contributed by atoms with Gasteiger partial charge in [-0.2, -0.15) is 0 Å². The van der Waals surface area contributed by atoms with E-state index in [0.29, 0.717) is 5.52 Å². The fourth-order valence-corrected chi connectivity index (χ4v) is 2.46. The predicted octanol–water partition coefficient (Wildman–Crippen LogP) is 2.94. The van der Waals surface area contributed by atoms with Crippen molar-refractivity contribution in [1.29, 1.82) is 0 Å². The van der Waals surface area contributed by atoms with Crippen LogP contribution in [0.2, 0.25) is 0 Å². The van der Waals surface area contributed by atoms with Crippen LogP contribution >= 0.6 is 0 Å². The number of hydrogen-bond acceptors (Lipinski definition) is 3. The number of hydrogen-bond donors (Lipinski definition) is 1. The Morgan fingerprint density at radius 1 is 1.29 bits per heavy atom. The zero-order valence-electron chi connectivity index (χ0n) is 12.6. The molecular formula is C16H19NO4. The minimum Gasteiger partial charge on any atom is -0.478 e. The molecule has 5 heteroatoms. The first-order chi connectivity index (χ1) is 9.85. The van der Waals surface area contributed by atoms with Crippen LogP contribution in [0.1, 0.15) is 41.4 Å². The van der Waals surface area contributed by atoms with Crippen molar-refractivity contribution in [3.63, 3.8) is 0 Å². The van der Waals surface area contributed by atoms with Gasteiger partial charge in [-0.3, -0.25) is 4.79 Å². The second kappa shape index (κ2) is 5.60. The molecule has 0 aliphatic carbocycles. The Morgan fingerprint density at radius 3 is 2.48 bits per heavy atom. The second-order valence-corrected chi connectivity index (χ2v) is 5.41. The fourth-order valence-electron chi connectivity index (χ4n) is 2.46. The topological polar surface area (TPSA) is 68.5 Å². The summed E-state index contributed by atoms with van der Waals surface area (Å²) >= 11 is 0. The third kappa shape index (κ3) is 2.77. The summed E-state index contributed by atoms with van der Waals surface area (Å²) in [6.45, 7) is 5.90. The Kier molecular flexibility index (Phi) is 4.02. The molecule has 0 bridgehead atoms. The molecule has 0 spiro atoms. The lowest BCUT2D eigenvalue weighted by Crippen LogP contribution is -2.14. The van der Waals surface area contributed by atoms with E-state index < -0.39 is 11.9 Å². The maximum atomic E-state index is 11.6. The number of aromatic carboxylic acids is 1. The van der Waals surface area contributed by atoms with Gasteiger partial charge in [0, 0.05) is 11.1 Å². The van der Waals surface area contributed by atoms with Gasteiger partial charge in [0.15, 0.2) is 0 Å². The highest BCUT2D eigenvalue weighted by Crippen LogP contribution is 2.28. The number of aromatic nitrogens is 1. The van der Waals surface area contributed by atoms with Crippen molar-refractivity contribution in [3.05, 3.63) is 35.0 Å². The Hall–Kier alpha value is -2.30. The molecule has 112 valence electrons. The Morgan fingerprint density at radius 2 is 1.95 bits per heavy atom. The molecule has 2 aromatic rings. The lowest BCUT2D eigenvalue weighted by Gasteiger charge is -2.11. The molecule has 0 radical (unpaired) electrons. The number of rotatable bonds is 4. The van der Waals surface area contributed by atoms with E-state index >= 15 is 0 Å². The minimum absolute atomic E-state index is 0.00708. The van der Waals surface area contributed by atoms with Crippen LogP contribution in [0.5, 0.6) is 0 Å². The third-order valence-electron chi connectivity index (χ3n) is 3.63. The lowest BCUT2D eigenvalue weighted by atomic mass is 9.98. The maximum Gasteiger partial charge on any atom is 0.337 e. The van der Waals surface area contributed by atoms with Crippen molar-refractivity contribution < 1.29 is 19.4 Å². The molecular weight excluding hydrogens is 270 g/mol. The van der Waals surface area contributed by atoms with Crippen LogP contribution in [0, 0.1) is 6.92 Å². The van der Waals surface area contributed by atoms with Crippen LogP contribution in [0.15, 0.2) is 18.2 Å². The molecule has 0 amide bonds. The molecule has 1 aromatic heterocycles.